The molecule has 0 saturated carbocycles. The highest BCUT2D eigenvalue weighted by Crippen LogP contribution is 2.38. The zero-order chi connectivity index (χ0) is 27.1. The van der Waals surface area contributed by atoms with Crippen LogP contribution in [0.1, 0.15) is 34.8 Å². The van der Waals surface area contributed by atoms with Gasteiger partial charge in [-0.05, 0) is 56.2 Å². The number of allylic oxidation sites excluding steroid dienone is 2. The van der Waals surface area contributed by atoms with Gasteiger partial charge in [0, 0.05) is 48.1 Å². The van der Waals surface area contributed by atoms with Gasteiger partial charge in [-0.2, -0.15) is 0 Å². The number of aryl methyl sites for hydroxylation is 1. The number of fused-ring (bicyclic) bond motifs is 2. The molecule has 0 bridgehead atoms. The van der Waals surface area contributed by atoms with E-state index in [0.717, 1.165) is 35.0 Å². The Morgan fingerprint density at radius 3 is 2.95 bits per heavy atom. The molecule has 2 fully saturated rings. The molecule has 1 amide bonds. The molecule has 5 N–H and O–H groups in total. The van der Waals surface area contributed by atoms with Gasteiger partial charge in [-0.15, -0.1) is 0 Å². The number of anilines is 1. The van der Waals surface area contributed by atoms with Crippen molar-refractivity contribution in [3.05, 3.63) is 88.3 Å². The first-order chi connectivity index (χ1) is 18.9. The Labute approximate surface area is 226 Å². The Balaban J connectivity index is 1.15. The van der Waals surface area contributed by atoms with Crippen LogP contribution >= 0.6 is 0 Å². The van der Waals surface area contributed by atoms with E-state index in [9.17, 15) is 14.3 Å². The Kier molecular flexibility index (Phi) is 6.81. The summed E-state index contributed by atoms with van der Waals surface area (Å²) in [4.78, 5) is 19.5. The maximum Gasteiger partial charge on any atom is 0.251 e. The number of aliphatic hydroxyl groups excluding tert-OH is 1. The van der Waals surface area contributed by atoms with Crippen molar-refractivity contribution in [2.75, 3.05) is 31.1 Å². The van der Waals surface area contributed by atoms with Crippen molar-refractivity contribution in [1.29, 1.82) is 0 Å². The average molecular weight is 534 g/mol. The molecule has 4 aliphatic heterocycles. The molecule has 0 radical (unpaired) electrons. The molecular weight excluding hydrogens is 501 g/mol. The van der Waals surface area contributed by atoms with Crippen LogP contribution in [0.25, 0.3) is 5.57 Å². The molecule has 0 spiro atoms. The van der Waals surface area contributed by atoms with Crippen LogP contribution in [0, 0.1) is 12.7 Å². The van der Waals surface area contributed by atoms with Gasteiger partial charge >= 0.3 is 0 Å². The topological polar surface area (TPSA) is 114 Å². The third kappa shape index (κ3) is 4.89. The van der Waals surface area contributed by atoms with Gasteiger partial charge in [0.15, 0.2) is 0 Å². The van der Waals surface area contributed by atoms with Crippen LogP contribution in [-0.4, -0.2) is 65.6 Å². The number of nitrogens with zero attached hydrogens (tertiary/aromatic N) is 3. The average Bonchev–Trinajstić information content (AvgIpc) is 3.52. The van der Waals surface area contributed by atoms with E-state index in [1.165, 1.54) is 17.7 Å². The van der Waals surface area contributed by atoms with E-state index in [1.807, 2.05) is 47.4 Å². The van der Waals surface area contributed by atoms with Crippen LogP contribution in [0.2, 0.25) is 0 Å². The number of hydrazine groups is 2. The lowest BCUT2D eigenvalue weighted by Gasteiger charge is -2.37. The van der Waals surface area contributed by atoms with Gasteiger partial charge in [0.2, 0.25) is 0 Å². The zero-order valence-corrected chi connectivity index (χ0v) is 21.9. The number of halogens is 1. The minimum absolute atomic E-state index is 0.0148. The van der Waals surface area contributed by atoms with E-state index in [2.05, 4.69) is 21.6 Å². The van der Waals surface area contributed by atoms with E-state index in [0.29, 0.717) is 31.7 Å². The number of nitrogens with one attached hydrogen (secondary N) is 4. The number of aromatic nitrogens is 1. The summed E-state index contributed by atoms with van der Waals surface area (Å²) in [5, 5.41) is 15.7. The Morgan fingerprint density at radius 1 is 1.31 bits per heavy atom. The van der Waals surface area contributed by atoms with Crippen molar-refractivity contribution in [1.82, 2.24) is 31.6 Å². The first-order valence-electron chi connectivity index (χ1n) is 13.2. The molecular formula is C28H32FN7O3. The summed E-state index contributed by atoms with van der Waals surface area (Å²) in [7, 11) is 0. The first-order valence-corrected chi connectivity index (χ1v) is 13.2. The molecule has 6 rings (SSSR count). The second kappa shape index (κ2) is 10.4. The minimum atomic E-state index is -0.789. The lowest BCUT2D eigenvalue weighted by atomic mass is 9.97. The highest BCUT2D eigenvalue weighted by molar-refractivity contribution is 5.95. The summed E-state index contributed by atoms with van der Waals surface area (Å²) in [6.07, 6.45) is 5.61. The number of benzene rings is 1. The fraction of sp³-hybridized carbons (Fsp3) is 0.357. The fourth-order valence-corrected chi connectivity index (χ4v) is 5.50. The highest BCUT2D eigenvalue weighted by Gasteiger charge is 2.37. The number of hydrogen-bond acceptors (Lipinski definition) is 9. The number of piperidine rings is 1. The lowest BCUT2D eigenvalue weighted by molar-refractivity contribution is 0.0796. The van der Waals surface area contributed by atoms with Crippen molar-refractivity contribution < 1.29 is 19.0 Å². The van der Waals surface area contributed by atoms with Gasteiger partial charge in [-0.25, -0.2) is 20.2 Å². The number of carbonyl (C=O) groups excluding carboxylic acids is 1. The molecule has 0 aliphatic carbocycles. The van der Waals surface area contributed by atoms with E-state index in [1.54, 1.807) is 13.0 Å². The summed E-state index contributed by atoms with van der Waals surface area (Å²) in [5.41, 5.74) is 15.1. The number of rotatable bonds is 6. The predicted molar refractivity (Wildman–Crippen MR) is 144 cm³/mol. The van der Waals surface area contributed by atoms with Gasteiger partial charge in [-0.1, -0.05) is 6.07 Å². The number of carbonyl (C=O) groups is 1. The number of β-amino-alcohol motifs (C(OH)–C–C–N with tert-alkyl or cyclic N) is 1. The summed E-state index contributed by atoms with van der Waals surface area (Å²) in [5.74, 6) is 0.674. The molecule has 1 unspecified atom stereocenters. The van der Waals surface area contributed by atoms with Crippen LogP contribution in [-0.2, 0) is 4.74 Å². The van der Waals surface area contributed by atoms with Crippen LogP contribution in [0.3, 0.4) is 0 Å². The molecule has 39 heavy (non-hydrogen) atoms. The molecule has 1 aromatic heterocycles. The summed E-state index contributed by atoms with van der Waals surface area (Å²) in [6.45, 7) is 5.95. The molecule has 1 aromatic carbocycles. The minimum Gasteiger partial charge on any atom is -0.492 e. The fourth-order valence-electron chi connectivity index (χ4n) is 5.50. The molecule has 5 heterocycles. The molecule has 3 atom stereocenters. The monoisotopic (exact) mass is 533 g/mol. The zero-order valence-electron chi connectivity index (χ0n) is 21.9. The van der Waals surface area contributed by atoms with Gasteiger partial charge < -0.3 is 20.1 Å². The SMILES string of the molecule is CCOC1=CN2NC3NNCC3=C2C(c2ccc(N3CC[C@H](NC(=O)c4cc(F)ccc4C)[C@@H](O)C3)nc2)=C1. The molecule has 204 valence electrons. The Bertz CT molecular complexity index is 1370. The second-order valence-electron chi connectivity index (χ2n) is 10.1. The van der Waals surface area contributed by atoms with Crippen LogP contribution in [0.4, 0.5) is 10.2 Å². The van der Waals surface area contributed by atoms with Crippen molar-refractivity contribution >= 4 is 17.3 Å². The smallest absolute Gasteiger partial charge is 0.251 e. The molecule has 2 aromatic rings. The van der Waals surface area contributed by atoms with E-state index >= 15 is 0 Å². The van der Waals surface area contributed by atoms with Crippen molar-refractivity contribution in [3.8, 4) is 0 Å². The second-order valence-corrected chi connectivity index (χ2v) is 10.1. The third-order valence-corrected chi connectivity index (χ3v) is 7.52. The summed E-state index contributed by atoms with van der Waals surface area (Å²) >= 11 is 0. The van der Waals surface area contributed by atoms with Crippen LogP contribution < -0.4 is 26.5 Å². The molecule has 10 nitrogen and oxygen atoms in total. The van der Waals surface area contributed by atoms with E-state index < -0.39 is 18.0 Å². The molecule has 4 aliphatic rings. The van der Waals surface area contributed by atoms with Crippen molar-refractivity contribution in [2.45, 2.75) is 38.6 Å². The summed E-state index contributed by atoms with van der Waals surface area (Å²) in [6, 6.07) is 7.69. The molecule has 2 saturated heterocycles. The van der Waals surface area contributed by atoms with Crippen LogP contribution in [0.5, 0.6) is 0 Å². The standard InChI is InChI=1S/C28H32FN7O3/c1-3-39-19-11-21(26-22-13-31-33-27(22)34-36(26)14-19)17-5-7-25(30-12-17)35-9-8-23(24(37)15-35)32-28(38)20-10-18(29)6-4-16(20)2/h4-7,10-12,14,23-24,27,31,33-34,37H,3,8-9,13,15H2,1-2H3,(H,32,38)/t23-,24-,27?/m0/s1. The summed E-state index contributed by atoms with van der Waals surface area (Å²) < 4.78 is 19.5. The van der Waals surface area contributed by atoms with Crippen LogP contribution in [0.15, 0.2) is 65.8 Å². The predicted octanol–water partition coefficient (Wildman–Crippen LogP) is 1.68. The first kappa shape index (κ1) is 25.5. The quantitative estimate of drug-likeness (QED) is 0.379. The Morgan fingerprint density at radius 2 is 2.18 bits per heavy atom. The number of aliphatic hydroxyl groups is 1. The number of ether oxygens (including phenoxy) is 1. The molecule has 11 heteroatoms. The van der Waals surface area contributed by atoms with E-state index in [-0.39, 0.29) is 17.6 Å². The largest absolute Gasteiger partial charge is 0.492 e. The van der Waals surface area contributed by atoms with Gasteiger partial charge in [-0.3, -0.25) is 15.2 Å². The van der Waals surface area contributed by atoms with Crippen molar-refractivity contribution in [3.63, 3.8) is 0 Å². The number of pyridine rings is 1. The van der Waals surface area contributed by atoms with Gasteiger partial charge in [0.25, 0.3) is 5.91 Å². The Hall–Kier alpha value is -3.77. The highest BCUT2D eigenvalue weighted by atomic mass is 19.1. The number of hydrogen-bond donors (Lipinski definition) is 5. The third-order valence-electron chi connectivity index (χ3n) is 7.52. The maximum atomic E-state index is 13.7. The van der Waals surface area contributed by atoms with Gasteiger partial charge in [0.1, 0.15) is 23.6 Å². The normalized spacial score (nSPS) is 24.3. The van der Waals surface area contributed by atoms with Crippen molar-refractivity contribution in [2.24, 2.45) is 0 Å². The van der Waals surface area contributed by atoms with Gasteiger partial charge in [0.05, 0.1) is 30.6 Å². The number of amides is 1. The van der Waals surface area contributed by atoms with E-state index in [4.69, 9.17) is 9.72 Å². The lowest BCUT2D eigenvalue weighted by Crippen LogP contribution is -2.54. The maximum absolute atomic E-state index is 13.7.